The molecule has 2 N–H and O–H groups in total. The first-order chi connectivity index (χ1) is 5.20. The van der Waals surface area contributed by atoms with Gasteiger partial charge >= 0.3 is 0 Å². The molecular weight excluding hydrogens is 156 g/mol. The Bertz CT molecular complexity index is 218. The minimum atomic E-state index is 0.302. The maximum atomic E-state index is 5.64. The Kier molecular flexibility index (Phi) is 3.02. The van der Waals surface area contributed by atoms with Gasteiger partial charge in [0.25, 0.3) is 0 Å². The SMILES string of the molecule is Cc1ncsc1CC[C@@H](C)N. The van der Waals surface area contributed by atoms with Crippen LogP contribution in [-0.4, -0.2) is 11.0 Å². The molecule has 0 spiro atoms. The molecule has 1 rings (SSSR count). The van der Waals surface area contributed by atoms with Crippen LogP contribution in [0.4, 0.5) is 0 Å². The molecule has 0 fully saturated rings. The van der Waals surface area contributed by atoms with Gasteiger partial charge in [0.05, 0.1) is 11.2 Å². The summed E-state index contributed by atoms with van der Waals surface area (Å²) in [4.78, 5) is 5.55. The minimum absolute atomic E-state index is 0.302. The van der Waals surface area contributed by atoms with E-state index in [1.54, 1.807) is 11.3 Å². The van der Waals surface area contributed by atoms with Crippen LogP contribution < -0.4 is 5.73 Å². The Morgan fingerprint density at radius 3 is 2.91 bits per heavy atom. The highest BCUT2D eigenvalue weighted by molar-refractivity contribution is 7.09. The van der Waals surface area contributed by atoms with Crippen molar-refractivity contribution in [2.24, 2.45) is 5.73 Å². The lowest BCUT2D eigenvalue weighted by Gasteiger charge is -2.02. The summed E-state index contributed by atoms with van der Waals surface area (Å²) in [5.74, 6) is 0. The summed E-state index contributed by atoms with van der Waals surface area (Å²) in [5, 5.41) is 0. The van der Waals surface area contributed by atoms with E-state index in [1.165, 1.54) is 4.88 Å². The van der Waals surface area contributed by atoms with Crippen molar-refractivity contribution in [1.82, 2.24) is 4.98 Å². The van der Waals surface area contributed by atoms with Crippen molar-refractivity contribution < 1.29 is 0 Å². The number of aromatic nitrogens is 1. The fourth-order valence-corrected chi connectivity index (χ4v) is 1.72. The smallest absolute Gasteiger partial charge is 0.0797 e. The normalized spacial score (nSPS) is 13.4. The highest BCUT2D eigenvalue weighted by atomic mass is 32.1. The molecule has 0 bridgehead atoms. The van der Waals surface area contributed by atoms with Gasteiger partial charge < -0.3 is 5.73 Å². The molecule has 0 saturated heterocycles. The number of hydrogen-bond donors (Lipinski definition) is 1. The molecule has 2 nitrogen and oxygen atoms in total. The van der Waals surface area contributed by atoms with Crippen LogP contribution in [0.2, 0.25) is 0 Å². The van der Waals surface area contributed by atoms with Crippen LogP contribution in [0.25, 0.3) is 0 Å². The number of hydrogen-bond acceptors (Lipinski definition) is 3. The van der Waals surface area contributed by atoms with Crippen molar-refractivity contribution in [2.45, 2.75) is 32.7 Å². The van der Waals surface area contributed by atoms with Crippen molar-refractivity contribution in [2.75, 3.05) is 0 Å². The molecule has 1 aromatic heterocycles. The molecule has 0 aromatic carbocycles. The summed E-state index contributed by atoms with van der Waals surface area (Å²) in [6.07, 6.45) is 2.14. The number of thiazole rings is 1. The van der Waals surface area contributed by atoms with Crippen LogP contribution in [0.3, 0.4) is 0 Å². The second-order valence-corrected chi connectivity index (χ2v) is 3.82. The van der Waals surface area contributed by atoms with E-state index >= 15 is 0 Å². The van der Waals surface area contributed by atoms with Gasteiger partial charge in [-0.1, -0.05) is 0 Å². The topological polar surface area (TPSA) is 38.9 Å². The van der Waals surface area contributed by atoms with Gasteiger partial charge in [-0.05, 0) is 26.7 Å². The third-order valence-corrected chi connectivity index (χ3v) is 2.67. The molecule has 0 aliphatic carbocycles. The Hall–Kier alpha value is -0.410. The summed E-state index contributed by atoms with van der Waals surface area (Å²) in [6, 6.07) is 0.302. The van der Waals surface area contributed by atoms with E-state index in [9.17, 15) is 0 Å². The van der Waals surface area contributed by atoms with Gasteiger partial charge in [0.15, 0.2) is 0 Å². The lowest BCUT2D eigenvalue weighted by molar-refractivity contribution is 0.668. The van der Waals surface area contributed by atoms with E-state index in [0.29, 0.717) is 6.04 Å². The third-order valence-electron chi connectivity index (χ3n) is 1.67. The van der Waals surface area contributed by atoms with E-state index in [2.05, 4.69) is 4.98 Å². The quantitative estimate of drug-likeness (QED) is 0.750. The standard InChI is InChI=1S/C8H14N2S/c1-6(9)3-4-8-7(2)10-5-11-8/h5-6H,3-4,9H2,1-2H3/t6-/m1/s1. The Morgan fingerprint density at radius 2 is 2.45 bits per heavy atom. The van der Waals surface area contributed by atoms with Crippen LogP contribution in [0, 0.1) is 6.92 Å². The Labute approximate surface area is 71.5 Å². The molecule has 0 aliphatic rings. The summed E-state index contributed by atoms with van der Waals surface area (Å²) in [6.45, 7) is 4.09. The molecule has 1 heterocycles. The van der Waals surface area contributed by atoms with E-state index < -0.39 is 0 Å². The zero-order valence-corrected chi connectivity index (χ0v) is 7.82. The molecule has 0 amide bonds. The van der Waals surface area contributed by atoms with Crippen LogP contribution in [0.1, 0.15) is 23.9 Å². The second-order valence-electron chi connectivity index (χ2n) is 2.88. The van der Waals surface area contributed by atoms with E-state index in [4.69, 9.17) is 5.73 Å². The molecule has 11 heavy (non-hydrogen) atoms. The zero-order chi connectivity index (χ0) is 8.27. The van der Waals surface area contributed by atoms with E-state index in [1.807, 2.05) is 19.4 Å². The van der Waals surface area contributed by atoms with Crippen LogP contribution in [0.5, 0.6) is 0 Å². The van der Waals surface area contributed by atoms with Crippen molar-refractivity contribution in [3.05, 3.63) is 16.1 Å². The van der Waals surface area contributed by atoms with E-state index in [0.717, 1.165) is 18.5 Å². The van der Waals surface area contributed by atoms with Gasteiger partial charge in [-0.2, -0.15) is 0 Å². The van der Waals surface area contributed by atoms with Crippen LogP contribution in [-0.2, 0) is 6.42 Å². The van der Waals surface area contributed by atoms with Crippen molar-refractivity contribution in [3.8, 4) is 0 Å². The molecule has 0 saturated carbocycles. The maximum Gasteiger partial charge on any atom is 0.0797 e. The summed E-state index contributed by atoms with van der Waals surface area (Å²) >= 11 is 1.72. The van der Waals surface area contributed by atoms with Gasteiger partial charge in [0.2, 0.25) is 0 Å². The number of rotatable bonds is 3. The molecule has 1 aromatic rings. The van der Waals surface area contributed by atoms with E-state index in [-0.39, 0.29) is 0 Å². The van der Waals surface area contributed by atoms with Crippen molar-refractivity contribution in [1.29, 1.82) is 0 Å². The van der Waals surface area contributed by atoms with Gasteiger partial charge in [-0.15, -0.1) is 11.3 Å². The predicted molar refractivity (Wildman–Crippen MR) is 48.8 cm³/mol. The van der Waals surface area contributed by atoms with Gasteiger partial charge in [-0.25, -0.2) is 4.98 Å². The first-order valence-corrected chi connectivity index (χ1v) is 4.72. The molecular formula is C8H14N2S. The Balaban J connectivity index is 2.44. The summed E-state index contributed by atoms with van der Waals surface area (Å²) < 4.78 is 0. The fourth-order valence-electron chi connectivity index (χ4n) is 0.925. The van der Waals surface area contributed by atoms with Crippen LogP contribution >= 0.6 is 11.3 Å². The first-order valence-electron chi connectivity index (χ1n) is 3.84. The average molecular weight is 170 g/mol. The Morgan fingerprint density at radius 1 is 1.73 bits per heavy atom. The number of nitrogens with zero attached hydrogens (tertiary/aromatic N) is 1. The molecule has 0 radical (unpaired) electrons. The molecule has 3 heteroatoms. The zero-order valence-electron chi connectivity index (χ0n) is 7.00. The molecule has 62 valence electrons. The lowest BCUT2D eigenvalue weighted by Crippen LogP contribution is -2.15. The molecule has 0 aliphatic heterocycles. The monoisotopic (exact) mass is 170 g/mol. The largest absolute Gasteiger partial charge is 0.328 e. The predicted octanol–water partition coefficient (Wildman–Crippen LogP) is 1.73. The summed E-state index contributed by atoms with van der Waals surface area (Å²) in [5.41, 5.74) is 8.70. The summed E-state index contributed by atoms with van der Waals surface area (Å²) in [7, 11) is 0. The first kappa shape index (κ1) is 8.68. The van der Waals surface area contributed by atoms with Crippen molar-refractivity contribution in [3.63, 3.8) is 0 Å². The molecule has 1 atom stereocenters. The minimum Gasteiger partial charge on any atom is -0.328 e. The lowest BCUT2D eigenvalue weighted by atomic mass is 10.1. The average Bonchev–Trinajstić information content (AvgIpc) is 2.31. The van der Waals surface area contributed by atoms with Crippen LogP contribution in [0.15, 0.2) is 5.51 Å². The fraction of sp³-hybridized carbons (Fsp3) is 0.625. The van der Waals surface area contributed by atoms with Gasteiger partial charge in [0, 0.05) is 10.9 Å². The van der Waals surface area contributed by atoms with Gasteiger partial charge in [-0.3, -0.25) is 0 Å². The highest BCUT2D eigenvalue weighted by Crippen LogP contribution is 2.14. The van der Waals surface area contributed by atoms with Crippen molar-refractivity contribution >= 4 is 11.3 Å². The maximum absolute atomic E-state index is 5.64. The third kappa shape index (κ3) is 2.60. The number of nitrogens with two attached hydrogens (primary N) is 1. The second kappa shape index (κ2) is 3.83. The highest BCUT2D eigenvalue weighted by Gasteiger charge is 2.01. The van der Waals surface area contributed by atoms with Gasteiger partial charge in [0.1, 0.15) is 0 Å². The molecule has 0 unspecified atom stereocenters. The number of aryl methyl sites for hydroxylation is 2.